The predicted molar refractivity (Wildman–Crippen MR) is 235 cm³/mol. The molecule has 57 heavy (non-hydrogen) atoms. The molecule has 0 aromatic heterocycles. The van der Waals surface area contributed by atoms with Crippen molar-refractivity contribution >= 4 is 19.8 Å². The molecule has 0 heterocycles. The van der Waals surface area contributed by atoms with Crippen LogP contribution in [-0.2, 0) is 32.7 Å². The van der Waals surface area contributed by atoms with Crippen LogP contribution in [0.3, 0.4) is 0 Å². The summed E-state index contributed by atoms with van der Waals surface area (Å²) >= 11 is 0. The number of carbonyl (C=O) groups excluding carboxylic acids is 1. The van der Waals surface area contributed by atoms with Gasteiger partial charge in [-0.25, -0.2) is 4.57 Å². The van der Waals surface area contributed by atoms with Crippen molar-refractivity contribution in [3.05, 3.63) is 72.9 Å². The average Bonchev–Trinajstić information content (AvgIpc) is 3.19. The van der Waals surface area contributed by atoms with Crippen LogP contribution in [0.25, 0.3) is 0 Å². The van der Waals surface area contributed by atoms with Gasteiger partial charge >= 0.3 is 19.8 Å². The lowest BCUT2D eigenvalue weighted by Crippen LogP contribution is -2.34. The third-order valence-electron chi connectivity index (χ3n) is 9.00. The van der Waals surface area contributed by atoms with Crippen LogP contribution < -0.4 is 5.73 Å². The second-order valence-corrected chi connectivity index (χ2v) is 15.9. The summed E-state index contributed by atoms with van der Waals surface area (Å²) < 4.78 is 33.3. The van der Waals surface area contributed by atoms with Crippen molar-refractivity contribution in [3.8, 4) is 0 Å². The van der Waals surface area contributed by atoms with Crippen LogP contribution in [-0.4, -0.2) is 60.5 Å². The number of carbonyl (C=O) groups is 2. The Morgan fingerprint density at radius 2 is 1.00 bits per heavy atom. The standard InChI is InChI=1S/C46H80NO9P/c1-3-5-7-9-11-13-15-17-19-20-21-22-23-25-27-29-31-33-35-37-39-53-40-43(41-54-57(51,52)55-42-44(47)46(49)50)56-45(48)38-36-34-32-30-28-26-24-18-16-14-12-10-8-6-4-2/h5,7,11,13,17,19,21-22,25,27,31,33,43-44H,3-4,6,8-10,12,14-16,18,20,23-24,26,28-30,32,34-42,47H2,1-2H3,(H,49,50)(H,51,52)/b7-5-,13-11-,19-17-,22-21-,27-25-,33-31-. The second-order valence-electron chi connectivity index (χ2n) is 14.4. The highest BCUT2D eigenvalue weighted by Gasteiger charge is 2.27. The Morgan fingerprint density at radius 3 is 1.46 bits per heavy atom. The highest BCUT2D eigenvalue weighted by molar-refractivity contribution is 7.47. The van der Waals surface area contributed by atoms with Crippen LogP contribution in [0.2, 0.25) is 0 Å². The lowest BCUT2D eigenvalue weighted by molar-refractivity contribution is -0.154. The van der Waals surface area contributed by atoms with Crippen LogP contribution in [0.5, 0.6) is 0 Å². The summed E-state index contributed by atoms with van der Waals surface area (Å²) in [6.45, 7) is 3.61. The Labute approximate surface area is 346 Å². The van der Waals surface area contributed by atoms with E-state index in [9.17, 15) is 19.0 Å². The molecule has 3 unspecified atom stereocenters. The molecule has 0 radical (unpaired) electrons. The van der Waals surface area contributed by atoms with Crippen molar-refractivity contribution in [1.29, 1.82) is 0 Å². The molecule has 4 N–H and O–H groups in total. The van der Waals surface area contributed by atoms with Gasteiger partial charge in [0.05, 0.1) is 19.8 Å². The van der Waals surface area contributed by atoms with Gasteiger partial charge in [0, 0.05) is 13.0 Å². The van der Waals surface area contributed by atoms with Gasteiger partial charge in [0.15, 0.2) is 0 Å². The monoisotopic (exact) mass is 822 g/mol. The molecular weight excluding hydrogens is 741 g/mol. The summed E-state index contributed by atoms with van der Waals surface area (Å²) in [5.74, 6) is -1.81. The average molecular weight is 822 g/mol. The highest BCUT2D eigenvalue weighted by atomic mass is 31.2. The molecule has 0 aliphatic carbocycles. The fraction of sp³-hybridized carbons (Fsp3) is 0.696. The van der Waals surface area contributed by atoms with Crippen molar-refractivity contribution in [2.75, 3.05) is 26.4 Å². The molecule has 0 aromatic carbocycles. The van der Waals surface area contributed by atoms with E-state index in [1.54, 1.807) is 0 Å². The van der Waals surface area contributed by atoms with E-state index in [1.807, 2.05) is 0 Å². The minimum absolute atomic E-state index is 0.0248. The zero-order valence-corrected chi connectivity index (χ0v) is 36.6. The topological polar surface area (TPSA) is 155 Å². The molecule has 0 aliphatic heterocycles. The molecule has 0 fully saturated rings. The van der Waals surface area contributed by atoms with E-state index in [4.69, 9.17) is 29.4 Å². The molecule has 3 atom stereocenters. The first-order valence-corrected chi connectivity index (χ1v) is 23.5. The molecule has 0 saturated carbocycles. The Kier molecular flexibility index (Phi) is 39.7. The second kappa shape index (κ2) is 41.6. The molecule has 0 rings (SSSR count). The largest absolute Gasteiger partial charge is 0.480 e. The molecule has 0 aliphatic rings. The van der Waals surface area contributed by atoms with E-state index in [2.05, 4.69) is 86.8 Å². The number of carboxylic acid groups (broad SMARTS) is 1. The van der Waals surface area contributed by atoms with Crippen molar-refractivity contribution in [1.82, 2.24) is 0 Å². The number of rotatable bonds is 41. The smallest absolute Gasteiger partial charge is 0.472 e. The number of unbranched alkanes of at least 4 members (excludes halogenated alkanes) is 15. The van der Waals surface area contributed by atoms with E-state index in [0.717, 1.165) is 70.6 Å². The molecule has 0 aromatic rings. The number of esters is 1. The number of carboxylic acids is 1. The Hall–Kier alpha value is -2.59. The predicted octanol–water partition coefficient (Wildman–Crippen LogP) is 12.2. The summed E-state index contributed by atoms with van der Waals surface area (Å²) in [5, 5.41) is 8.89. The lowest BCUT2D eigenvalue weighted by Gasteiger charge is -2.20. The first-order chi connectivity index (χ1) is 27.7. The maximum atomic E-state index is 12.6. The summed E-state index contributed by atoms with van der Waals surface area (Å²) in [5.41, 5.74) is 5.35. The number of ether oxygens (including phenoxy) is 2. The number of aliphatic carboxylic acids is 1. The van der Waals surface area contributed by atoms with Crippen LogP contribution >= 0.6 is 7.82 Å². The molecule has 328 valence electrons. The zero-order valence-electron chi connectivity index (χ0n) is 35.7. The Morgan fingerprint density at radius 1 is 0.579 bits per heavy atom. The van der Waals surface area contributed by atoms with Gasteiger partial charge in [-0.15, -0.1) is 0 Å². The van der Waals surface area contributed by atoms with Crippen LogP contribution in [0.4, 0.5) is 0 Å². The van der Waals surface area contributed by atoms with Crippen LogP contribution in [0, 0.1) is 0 Å². The molecule has 11 heteroatoms. The maximum absolute atomic E-state index is 12.6. The lowest BCUT2D eigenvalue weighted by atomic mass is 10.0. The molecule has 0 amide bonds. The molecule has 10 nitrogen and oxygen atoms in total. The van der Waals surface area contributed by atoms with Crippen LogP contribution in [0.15, 0.2) is 72.9 Å². The van der Waals surface area contributed by atoms with Crippen molar-refractivity contribution < 1.29 is 42.7 Å². The molecular formula is C46H80NO9P. The molecule has 0 saturated heterocycles. The van der Waals surface area contributed by atoms with Gasteiger partial charge < -0.3 is 25.2 Å². The van der Waals surface area contributed by atoms with Gasteiger partial charge in [-0.1, -0.05) is 177 Å². The van der Waals surface area contributed by atoms with Gasteiger partial charge in [-0.05, 0) is 57.8 Å². The van der Waals surface area contributed by atoms with E-state index in [-0.39, 0.29) is 13.0 Å². The first-order valence-electron chi connectivity index (χ1n) is 22.0. The van der Waals surface area contributed by atoms with Crippen molar-refractivity contribution in [3.63, 3.8) is 0 Å². The third-order valence-corrected chi connectivity index (χ3v) is 9.95. The Bertz CT molecular complexity index is 1180. The number of hydrogen-bond donors (Lipinski definition) is 3. The fourth-order valence-corrected chi connectivity index (χ4v) is 6.40. The maximum Gasteiger partial charge on any atom is 0.472 e. The third kappa shape index (κ3) is 41.4. The van der Waals surface area contributed by atoms with Gasteiger partial charge in [-0.2, -0.15) is 0 Å². The number of nitrogens with two attached hydrogens (primary N) is 1. The number of phosphoric acid groups is 1. The fourth-order valence-electron chi connectivity index (χ4n) is 5.62. The first kappa shape index (κ1) is 54.4. The summed E-state index contributed by atoms with van der Waals surface area (Å²) in [6.07, 6.45) is 51.1. The normalized spacial score (nSPS) is 14.6. The Balaban J connectivity index is 4.35. The number of phosphoric ester groups is 1. The van der Waals surface area contributed by atoms with Crippen molar-refractivity contribution in [2.45, 2.75) is 180 Å². The van der Waals surface area contributed by atoms with Crippen LogP contribution in [0.1, 0.15) is 168 Å². The van der Waals surface area contributed by atoms with Gasteiger partial charge in [0.1, 0.15) is 12.1 Å². The number of allylic oxidation sites excluding steroid dienone is 12. The minimum atomic E-state index is -4.63. The molecule has 0 spiro atoms. The van der Waals surface area contributed by atoms with E-state index >= 15 is 0 Å². The van der Waals surface area contributed by atoms with E-state index in [1.165, 1.54) is 70.6 Å². The summed E-state index contributed by atoms with van der Waals surface area (Å²) in [6, 6.07) is -1.48. The van der Waals surface area contributed by atoms with Gasteiger partial charge in [0.2, 0.25) is 0 Å². The number of hydrogen-bond acceptors (Lipinski definition) is 8. The van der Waals surface area contributed by atoms with E-state index in [0.29, 0.717) is 13.0 Å². The highest BCUT2D eigenvalue weighted by Crippen LogP contribution is 2.43. The molecule has 0 bridgehead atoms. The van der Waals surface area contributed by atoms with Gasteiger partial charge in [0.25, 0.3) is 0 Å². The quantitative estimate of drug-likeness (QED) is 0.0235. The minimum Gasteiger partial charge on any atom is -0.480 e. The van der Waals surface area contributed by atoms with Gasteiger partial charge in [-0.3, -0.25) is 18.6 Å². The zero-order chi connectivity index (χ0) is 41.9. The SMILES string of the molecule is CC/C=C\C/C=C\C/C=C\C/C=C\C/C=C\C/C=C\CCCOCC(COP(=O)(O)OCC(N)C(=O)O)OC(=O)CCCCCCCCCCCCCCCCC. The summed E-state index contributed by atoms with van der Waals surface area (Å²) in [7, 11) is -4.63. The van der Waals surface area contributed by atoms with Crippen molar-refractivity contribution in [2.24, 2.45) is 5.73 Å². The van der Waals surface area contributed by atoms with E-state index < -0.39 is 45.1 Å². The summed E-state index contributed by atoms with van der Waals surface area (Å²) in [4.78, 5) is 33.5.